The Labute approximate surface area is 107 Å². The van der Waals surface area contributed by atoms with Crippen LogP contribution in [-0.4, -0.2) is 27.1 Å². The van der Waals surface area contributed by atoms with Gasteiger partial charge in [-0.05, 0) is 41.3 Å². The van der Waals surface area contributed by atoms with E-state index in [4.69, 9.17) is 5.11 Å². The normalized spacial score (nSPS) is 17.3. The zero-order valence-corrected chi connectivity index (χ0v) is 11.0. The first-order valence-electron chi connectivity index (χ1n) is 5.32. The Balaban J connectivity index is 2.17. The van der Waals surface area contributed by atoms with Crippen LogP contribution in [0, 0.1) is 0 Å². The molecule has 1 fully saturated rings. The van der Waals surface area contributed by atoms with E-state index >= 15 is 0 Å². The first-order valence-corrected chi connectivity index (χ1v) is 6.12. The predicted octanol–water partition coefficient (Wildman–Crippen LogP) is 1.52. The summed E-state index contributed by atoms with van der Waals surface area (Å²) in [6.45, 7) is 0. The summed E-state index contributed by atoms with van der Waals surface area (Å²) in [6, 6.07) is 1.67. The minimum atomic E-state index is -1.06. The third-order valence-corrected chi connectivity index (χ3v) is 3.61. The number of nitrogens with zero attached hydrogens (tertiary/aromatic N) is 1. The number of aromatic nitrogens is 1. The molecule has 0 aromatic carbocycles. The van der Waals surface area contributed by atoms with E-state index < -0.39 is 11.5 Å². The van der Waals surface area contributed by atoms with Gasteiger partial charge >= 0.3 is 5.97 Å². The highest BCUT2D eigenvalue weighted by molar-refractivity contribution is 9.10. The maximum atomic E-state index is 12.0. The van der Waals surface area contributed by atoms with Crippen molar-refractivity contribution in [2.45, 2.75) is 24.8 Å². The van der Waals surface area contributed by atoms with Gasteiger partial charge in [0, 0.05) is 17.7 Å². The predicted molar refractivity (Wildman–Crippen MR) is 64.8 cm³/mol. The molecule has 5 nitrogen and oxygen atoms in total. The topological polar surface area (TPSA) is 71.3 Å². The molecular weight excluding hydrogens is 288 g/mol. The van der Waals surface area contributed by atoms with Crippen LogP contribution in [0.25, 0.3) is 0 Å². The van der Waals surface area contributed by atoms with E-state index in [-0.39, 0.29) is 5.91 Å². The first-order chi connectivity index (χ1) is 7.94. The van der Waals surface area contributed by atoms with Crippen molar-refractivity contribution >= 4 is 27.8 Å². The largest absolute Gasteiger partial charge is 0.480 e. The number of carbonyl (C=O) groups is 2. The lowest BCUT2D eigenvalue weighted by Gasteiger charge is -2.38. The molecule has 1 saturated carbocycles. The number of amides is 1. The van der Waals surface area contributed by atoms with Crippen molar-refractivity contribution in [1.82, 2.24) is 9.88 Å². The fourth-order valence-electron chi connectivity index (χ4n) is 1.95. The van der Waals surface area contributed by atoms with Crippen LogP contribution in [0.5, 0.6) is 0 Å². The van der Waals surface area contributed by atoms with Gasteiger partial charge in [0.25, 0.3) is 5.91 Å². The van der Waals surface area contributed by atoms with E-state index in [1.54, 1.807) is 23.9 Å². The maximum Gasteiger partial charge on any atom is 0.329 e. The van der Waals surface area contributed by atoms with Crippen molar-refractivity contribution in [3.8, 4) is 0 Å². The van der Waals surface area contributed by atoms with Crippen molar-refractivity contribution < 1.29 is 14.7 Å². The molecule has 2 rings (SSSR count). The van der Waals surface area contributed by atoms with Crippen LogP contribution in [0.4, 0.5) is 0 Å². The van der Waals surface area contributed by atoms with Gasteiger partial charge in [0.05, 0.1) is 0 Å². The van der Waals surface area contributed by atoms with Crippen molar-refractivity contribution in [1.29, 1.82) is 0 Å². The minimum Gasteiger partial charge on any atom is -0.480 e. The summed E-state index contributed by atoms with van der Waals surface area (Å²) < 4.78 is 2.45. The quantitative estimate of drug-likeness (QED) is 0.889. The molecule has 0 saturated heterocycles. The van der Waals surface area contributed by atoms with Gasteiger partial charge in [0.2, 0.25) is 0 Å². The van der Waals surface area contributed by atoms with Crippen molar-refractivity contribution in [2.75, 3.05) is 0 Å². The zero-order chi connectivity index (χ0) is 12.6. The van der Waals surface area contributed by atoms with Gasteiger partial charge in [-0.15, -0.1) is 0 Å². The van der Waals surface area contributed by atoms with Crippen LogP contribution in [-0.2, 0) is 11.8 Å². The van der Waals surface area contributed by atoms with E-state index in [0.717, 1.165) is 10.9 Å². The third kappa shape index (κ3) is 2.09. The van der Waals surface area contributed by atoms with Crippen molar-refractivity contribution in [3.63, 3.8) is 0 Å². The van der Waals surface area contributed by atoms with Gasteiger partial charge in [-0.2, -0.15) is 0 Å². The Morgan fingerprint density at radius 1 is 1.53 bits per heavy atom. The Bertz CT molecular complexity index is 477. The summed E-state index contributed by atoms with van der Waals surface area (Å²) in [6.07, 6.45) is 3.59. The van der Waals surface area contributed by atoms with Crippen LogP contribution in [0.1, 0.15) is 29.8 Å². The average Bonchev–Trinajstić information content (AvgIpc) is 2.50. The number of aliphatic carboxylic acids is 1. The number of nitrogens with one attached hydrogen (secondary N) is 1. The van der Waals surface area contributed by atoms with Crippen LogP contribution < -0.4 is 5.32 Å². The molecule has 1 amide bonds. The molecule has 17 heavy (non-hydrogen) atoms. The molecule has 0 unspecified atom stereocenters. The summed E-state index contributed by atoms with van der Waals surface area (Å²) in [4.78, 5) is 23.1. The van der Waals surface area contributed by atoms with Gasteiger partial charge in [0.1, 0.15) is 11.2 Å². The van der Waals surface area contributed by atoms with Crippen molar-refractivity contribution in [3.05, 3.63) is 22.4 Å². The number of halogens is 1. The molecule has 1 aliphatic carbocycles. The number of carboxylic acids is 1. The monoisotopic (exact) mass is 300 g/mol. The average molecular weight is 301 g/mol. The summed E-state index contributed by atoms with van der Waals surface area (Å²) in [7, 11) is 1.74. The number of hydrogen-bond donors (Lipinski definition) is 2. The highest BCUT2D eigenvalue weighted by atomic mass is 79.9. The molecule has 0 aliphatic heterocycles. The van der Waals surface area contributed by atoms with Gasteiger partial charge in [-0.3, -0.25) is 4.79 Å². The van der Waals surface area contributed by atoms with Crippen LogP contribution in [0.3, 0.4) is 0 Å². The molecule has 1 heterocycles. The molecule has 0 bridgehead atoms. The Morgan fingerprint density at radius 3 is 2.53 bits per heavy atom. The molecule has 0 spiro atoms. The van der Waals surface area contributed by atoms with Gasteiger partial charge in [0.15, 0.2) is 0 Å². The van der Waals surface area contributed by atoms with E-state index in [1.807, 2.05) is 0 Å². The standard InChI is InChI=1S/C11H13BrN2O3/c1-14-6-7(12)5-8(14)9(15)13-11(10(16)17)3-2-4-11/h5-6H,2-4H2,1H3,(H,13,15)(H,16,17). The summed E-state index contributed by atoms with van der Waals surface area (Å²) in [5.74, 6) is -1.30. The highest BCUT2D eigenvalue weighted by Crippen LogP contribution is 2.32. The molecule has 6 heteroatoms. The van der Waals surface area contributed by atoms with Crippen molar-refractivity contribution in [2.24, 2.45) is 7.05 Å². The maximum absolute atomic E-state index is 12.0. The first kappa shape index (κ1) is 12.2. The van der Waals surface area contributed by atoms with E-state index in [0.29, 0.717) is 18.5 Å². The molecular formula is C11H13BrN2O3. The second-order valence-electron chi connectivity index (χ2n) is 4.35. The number of hydrogen-bond acceptors (Lipinski definition) is 2. The Kier molecular flexibility index (Phi) is 2.99. The van der Waals surface area contributed by atoms with Gasteiger partial charge in [-0.1, -0.05) is 0 Å². The number of carboxylic acid groups (broad SMARTS) is 1. The van der Waals surface area contributed by atoms with Crippen LogP contribution in [0.15, 0.2) is 16.7 Å². The Hall–Kier alpha value is -1.30. The summed E-state index contributed by atoms with van der Waals surface area (Å²) in [5, 5.41) is 11.7. The molecule has 1 aromatic heterocycles. The second kappa shape index (κ2) is 4.18. The summed E-state index contributed by atoms with van der Waals surface area (Å²) >= 11 is 3.27. The number of carbonyl (C=O) groups excluding carboxylic acids is 1. The minimum absolute atomic E-state index is 0.347. The van der Waals surface area contributed by atoms with E-state index in [1.165, 1.54) is 0 Å². The van der Waals surface area contributed by atoms with Gasteiger partial charge < -0.3 is 15.0 Å². The van der Waals surface area contributed by atoms with Gasteiger partial charge in [-0.25, -0.2) is 4.79 Å². The number of rotatable bonds is 3. The third-order valence-electron chi connectivity index (χ3n) is 3.17. The molecule has 92 valence electrons. The van der Waals surface area contributed by atoms with E-state index in [9.17, 15) is 9.59 Å². The fourth-order valence-corrected chi connectivity index (χ4v) is 2.48. The molecule has 0 radical (unpaired) electrons. The lowest BCUT2D eigenvalue weighted by atomic mass is 9.76. The molecule has 1 aliphatic rings. The van der Waals surface area contributed by atoms with Crippen LogP contribution in [0.2, 0.25) is 0 Å². The molecule has 0 atom stereocenters. The smallest absolute Gasteiger partial charge is 0.329 e. The SMILES string of the molecule is Cn1cc(Br)cc1C(=O)NC1(C(=O)O)CCC1. The fraction of sp³-hybridized carbons (Fsp3) is 0.455. The number of aryl methyl sites for hydroxylation is 1. The zero-order valence-electron chi connectivity index (χ0n) is 9.36. The Morgan fingerprint density at radius 2 is 2.18 bits per heavy atom. The second-order valence-corrected chi connectivity index (χ2v) is 5.27. The molecule has 2 N–H and O–H groups in total. The van der Waals surface area contributed by atoms with E-state index in [2.05, 4.69) is 21.2 Å². The van der Waals surface area contributed by atoms with Crippen LogP contribution >= 0.6 is 15.9 Å². The lowest BCUT2D eigenvalue weighted by Crippen LogP contribution is -2.59. The highest BCUT2D eigenvalue weighted by Gasteiger charge is 2.46. The molecule has 1 aromatic rings. The summed E-state index contributed by atoms with van der Waals surface area (Å²) in [5.41, 5.74) is -0.613. The lowest BCUT2D eigenvalue weighted by molar-refractivity contribution is -0.148.